The highest BCUT2D eigenvalue weighted by Crippen LogP contribution is 2.26. The Morgan fingerprint density at radius 3 is 2.34 bits per heavy atom. The Balaban J connectivity index is 1.64. The molecular formula is C26H26N4O2. The highest BCUT2D eigenvalue weighted by Gasteiger charge is 2.17. The number of benzene rings is 2. The summed E-state index contributed by atoms with van der Waals surface area (Å²) >= 11 is 0. The van der Waals surface area contributed by atoms with E-state index >= 15 is 0 Å². The van der Waals surface area contributed by atoms with E-state index in [0.717, 1.165) is 5.56 Å². The number of primary amides is 1. The molecule has 2 amide bonds. The molecule has 32 heavy (non-hydrogen) atoms. The van der Waals surface area contributed by atoms with Crippen molar-refractivity contribution in [2.24, 2.45) is 5.73 Å². The minimum atomic E-state index is -0.537. The number of aromatic nitrogens is 2. The van der Waals surface area contributed by atoms with Crippen LogP contribution in [0.2, 0.25) is 0 Å². The van der Waals surface area contributed by atoms with E-state index in [0.29, 0.717) is 34.4 Å². The number of rotatable bonds is 5. The molecule has 0 unspecified atom stereocenters. The molecule has 0 aliphatic carbocycles. The van der Waals surface area contributed by atoms with Gasteiger partial charge in [0.25, 0.3) is 11.8 Å². The van der Waals surface area contributed by atoms with Crippen molar-refractivity contribution in [3.05, 3.63) is 95.3 Å². The zero-order chi connectivity index (χ0) is 22.9. The standard InChI is InChI=1S/C26H26N4O2/c1-26(2,3)19-11-9-17(10-12-19)15-30-16-22(23(27)31)21-13-20(14-28-24(21)30)29-25(32)18-7-5-4-6-8-18/h4-14,16H,15H2,1-3H3,(H2,27,31)(H,29,32). The molecule has 2 aromatic carbocycles. The summed E-state index contributed by atoms with van der Waals surface area (Å²) in [6, 6.07) is 19.1. The topological polar surface area (TPSA) is 90.0 Å². The molecule has 2 aromatic heterocycles. The number of hydrogen-bond donors (Lipinski definition) is 2. The highest BCUT2D eigenvalue weighted by molar-refractivity contribution is 6.08. The van der Waals surface area contributed by atoms with Crippen LogP contribution in [0.15, 0.2) is 73.1 Å². The third-order valence-corrected chi connectivity index (χ3v) is 5.45. The van der Waals surface area contributed by atoms with Crippen molar-refractivity contribution in [1.29, 1.82) is 0 Å². The van der Waals surface area contributed by atoms with Crippen LogP contribution in [0.1, 0.15) is 52.6 Å². The normalized spacial score (nSPS) is 11.5. The van der Waals surface area contributed by atoms with Crippen LogP contribution in [0.4, 0.5) is 5.69 Å². The zero-order valence-corrected chi connectivity index (χ0v) is 18.4. The molecule has 4 aromatic rings. The molecule has 0 aliphatic rings. The molecule has 0 radical (unpaired) electrons. The predicted octanol–water partition coefficient (Wildman–Crippen LogP) is 4.73. The fourth-order valence-corrected chi connectivity index (χ4v) is 3.66. The fraction of sp³-hybridized carbons (Fsp3) is 0.192. The number of carbonyl (C=O) groups excluding carboxylic acids is 2. The summed E-state index contributed by atoms with van der Waals surface area (Å²) in [5.41, 5.74) is 10.1. The third-order valence-electron chi connectivity index (χ3n) is 5.45. The summed E-state index contributed by atoms with van der Waals surface area (Å²) in [6.07, 6.45) is 3.31. The fourth-order valence-electron chi connectivity index (χ4n) is 3.66. The lowest BCUT2D eigenvalue weighted by Crippen LogP contribution is -2.12. The van der Waals surface area contributed by atoms with Crippen molar-refractivity contribution in [3.8, 4) is 0 Å². The van der Waals surface area contributed by atoms with E-state index in [1.54, 1.807) is 42.7 Å². The van der Waals surface area contributed by atoms with E-state index < -0.39 is 5.91 Å². The number of anilines is 1. The third kappa shape index (κ3) is 4.39. The Morgan fingerprint density at radius 1 is 1.03 bits per heavy atom. The molecule has 0 spiro atoms. The maximum Gasteiger partial charge on any atom is 0.255 e. The zero-order valence-electron chi connectivity index (χ0n) is 18.4. The lowest BCUT2D eigenvalue weighted by molar-refractivity contribution is 0.0999. The van der Waals surface area contributed by atoms with Gasteiger partial charge in [-0.3, -0.25) is 9.59 Å². The first kappa shape index (κ1) is 21.3. The second-order valence-electron chi connectivity index (χ2n) is 8.90. The Hall–Kier alpha value is -3.93. The van der Waals surface area contributed by atoms with Crippen LogP contribution in [0.5, 0.6) is 0 Å². The quantitative estimate of drug-likeness (QED) is 0.483. The van der Waals surface area contributed by atoms with Gasteiger partial charge in [-0.25, -0.2) is 4.98 Å². The van der Waals surface area contributed by atoms with Crippen LogP contribution >= 0.6 is 0 Å². The smallest absolute Gasteiger partial charge is 0.255 e. The van der Waals surface area contributed by atoms with Gasteiger partial charge in [0.1, 0.15) is 5.65 Å². The van der Waals surface area contributed by atoms with E-state index in [-0.39, 0.29) is 11.3 Å². The summed E-state index contributed by atoms with van der Waals surface area (Å²) in [4.78, 5) is 29.1. The van der Waals surface area contributed by atoms with Gasteiger partial charge in [0.05, 0.1) is 17.4 Å². The van der Waals surface area contributed by atoms with Crippen molar-refractivity contribution in [2.45, 2.75) is 32.7 Å². The number of pyridine rings is 1. The first-order chi connectivity index (χ1) is 15.2. The molecule has 3 N–H and O–H groups in total. The number of nitrogens with zero attached hydrogens (tertiary/aromatic N) is 2. The highest BCUT2D eigenvalue weighted by atomic mass is 16.2. The van der Waals surface area contributed by atoms with E-state index in [1.165, 1.54) is 5.56 Å². The molecule has 6 nitrogen and oxygen atoms in total. The molecule has 0 aliphatic heterocycles. The molecule has 0 fully saturated rings. The Labute approximate surface area is 187 Å². The maximum absolute atomic E-state index is 12.5. The van der Waals surface area contributed by atoms with Crippen LogP contribution < -0.4 is 11.1 Å². The van der Waals surface area contributed by atoms with Gasteiger partial charge in [-0.05, 0) is 34.7 Å². The van der Waals surface area contributed by atoms with Crippen molar-refractivity contribution in [3.63, 3.8) is 0 Å². The second-order valence-corrected chi connectivity index (χ2v) is 8.90. The van der Waals surface area contributed by atoms with E-state index in [9.17, 15) is 9.59 Å². The van der Waals surface area contributed by atoms with Crippen LogP contribution in [-0.2, 0) is 12.0 Å². The van der Waals surface area contributed by atoms with Gasteiger partial charge in [-0.15, -0.1) is 0 Å². The minimum absolute atomic E-state index is 0.0833. The van der Waals surface area contributed by atoms with Gasteiger partial charge in [0, 0.05) is 23.7 Å². The largest absolute Gasteiger partial charge is 0.366 e. The monoisotopic (exact) mass is 426 g/mol. The summed E-state index contributed by atoms with van der Waals surface area (Å²) in [5, 5.41) is 3.44. The molecule has 0 saturated carbocycles. The molecule has 0 saturated heterocycles. The molecule has 0 atom stereocenters. The van der Waals surface area contributed by atoms with Gasteiger partial charge < -0.3 is 15.6 Å². The average Bonchev–Trinajstić information content (AvgIpc) is 3.12. The summed E-state index contributed by atoms with van der Waals surface area (Å²) in [5.74, 6) is -0.782. The number of fused-ring (bicyclic) bond motifs is 1. The summed E-state index contributed by atoms with van der Waals surface area (Å²) in [7, 11) is 0. The molecule has 2 heterocycles. The van der Waals surface area contributed by atoms with Gasteiger partial charge in [-0.2, -0.15) is 0 Å². The Morgan fingerprint density at radius 2 is 1.72 bits per heavy atom. The molecule has 162 valence electrons. The lowest BCUT2D eigenvalue weighted by atomic mass is 9.87. The maximum atomic E-state index is 12.5. The van der Waals surface area contributed by atoms with E-state index in [4.69, 9.17) is 5.73 Å². The molecular weight excluding hydrogens is 400 g/mol. The van der Waals surface area contributed by atoms with Crippen molar-refractivity contribution < 1.29 is 9.59 Å². The first-order valence-electron chi connectivity index (χ1n) is 10.5. The van der Waals surface area contributed by atoms with Crippen LogP contribution in [0.3, 0.4) is 0 Å². The van der Waals surface area contributed by atoms with Crippen molar-refractivity contribution in [1.82, 2.24) is 9.55 Å². The minimum Gasteiger partial charge on any atom is -0.366 e. The average molecular weight is 427 g/mol. The number of carbonyl (C=O) groups is 2. The SMILES string of the molecule is CC(C)(C)c1ccc(Cn2cc(C(N)=O)c3cc(NC(=O)c4ccccc4)cnc32)cc1. The van der Waals surface area contributed by atoms with E-state index in [1.807, 2.05) is 10.6 Å². The predicted molar refractivity (Wildman–Crippen MR) is 127 cm³/mol. The van der Waals surface area contributed by atoms with Gasteiger partial charge in [0.15, 0.2) is 0 Å². The van der Waals surface area contributed by atoms with Crippen LogP contribution in [0.25, 0.3) is 11.0 Å². The van der Waals surface area contributed by atoms with E-state index in [2.05, 4.69) is 55.3 Å². The number of nitrogens with two attached hydrogens (primary N) is 1. The van der Waals surface area contributed by atoms with Gasteiger partial charge >= 0.3 is 0 Å². The summed E-state index contributed by atoms with van der Waals surface area (Å²) < 4.78 is 1.91. The van der Waals surface area contributed by atoms with Gasteiger partial charge in [0.2, 0.25) is 0 Å². The summed E-state index contributed by atoms with van der Waals surface area (Å²) in [6.45, 7) is 7.09. The molecule has 0 bridgehead atoms. The second kappa shape index (κ2) is 8.30. The number of nitrogens with one attached hydrogen (secondary N) is 1. The molecule has 6 heteroatoms. The first-order valence-corrected chi connectivity index (χ1v) is 10.5. The Bertz CT molecular complexity index is 1280. The van der Waals surface area contributed by atoms with Crippen molar-refractivity contribution >= 4 is 28.5 Å². The number of amides is 2. The van der Waals surface area contributed by atoms with Crippen LogP contribution in [0, 0.1) is 0 Å². The van der Waals surface area contributed by atoms with Crippen LogP contribution in [-0.4, -0.2) is 21.4 Å². The van der Waals surface area contributed by atoms with Crippen molar-refractivity contribution in [2.75, 3.05) is 5.32 Å². The lowest BCUT2D eigenvalue weighted by Gasteiger charge is -2.19. The van der Waals surface area contributed by atoms with Gasteiger partial charge in [-0.1, -0.05) is 63.2 Å². The molecule has 4 rings (SSSR count). The number of hydrogen-bond acceptors (Lipinski definition) is 3. The Kier molecular flexibility index (Phi) is 5.53.